The van der Waals surface area contributed by atoms with Gasteiger partial charge in [-0.05, 0) is 43.2 Å². The molecule has 0 spiro atoms. The molecule has 134 valence electrons. The van der Waals surface area contributed by atoms with Crippen LogP contribution in [0.5, 0.6) is 0 Å². The summed E-state index contributed by atoms with van der Waals surface area (Å²) in [6.45, 7) is 4.29. The lowest BCUT2D eigenvalue weighted by Gasteiger charge is -2.20. The standard InChI is InChI=1S/C22H24N2OS/c1-13-10-11-16-17(12-13)26-21-20(16)19(15-8-6-5-7-9-15)18(14(2)23-21)22(25)24(3)4/h5-9,13H,10-12H2,1-4H3/t13-/m0/s1. The quantitative estimate of drug-likeness (QED) is 0.634. The van der Waals surface area contributed by atoms with E-state index in [4.69, 9.17) is 4.98 Å². The number of carbonyl (C=O) groups excluding carboxylic acids is 1. The second kappa shape index (κ2) is 6.51. The molecule has 1 aliphatic rings. The van der Waals surface area contributed by atoms with Crippen LogP contribution < -0.4 is 0 Å². The van der Waals surface area contributed by atoms with E-state index >= 15 is 0 Å². The maximum absolute atomic E-state index is 13.0. The average molecular weight is 365 g/mol. The van der Waals surface area contributed by atoms with Gasteiger partial charge in [0.15, 0.2) is 0 Å². The Hall–Kier alpha value is -2.20. The lowest BCUT2D eigenvalue weighted by atomic mass is 9.86. The molecule has 0 aliphatic heterocycles. The Labute approximate surface area is 158 Å². The number of hydrogen-bond acceptors (Lipinski definition) is 3. The minimum atomic E-state index is 0.0277. The van der Waals surface area contributed by atoms with Gasteiger partial charge in [0.25, 0.3) is 5.91 Å². The number of aryl methyl sites for hydroxylation is 2. The molecule has 0 N–H and O–H groups in total. The summed E-state index contributed by atoms with van der Waals surface area (Å²) in [6.07, 6.45) is 3.41. The minimum Gasteiger partial charge on any atom is -0.345 e. The first-order valence-corrected chi connectivity index (χ1v) is 10.0. The van der Waals surface area contributed by atoms with Crippen molar-refractivity contribution in [1.82, 2.24) is 9.88 Å². The Morgan fingerprint density at radius 2 is 1.96 bits per heavy atom. The first kappa shape index (κ1) is 17.2. The third-order valence-corrected chi connectivity index (χ3v) is 6.45. The average Bonchev–Trinajstić information content (AvgIpc) is 2.97. The van der Waals surface area contributed by atoms with Crippen LogP contribution in [0.25, 0.3) is 21.3 Å². The van der Waals surface area contributed by atoms with Crippen molar-refractivity contribution in [2.24, 2.45) is 5.92 Å². The predicted octanol–water partition coefficient (Wildman–Crippen LogP) is 5.10. The van der Waals surface area contributed by atoms with Crippen LogP contribution in [-0.2, 0) is 12.8 Å². The number of fused-ring (bicyclic) bond motifs is 3. The molecule has 4 heteroatoms. The minimum absolute atomic E-state index is 0.0277. The molecule has 1 amide bonds. The molecule has 2 heterocycles. The van der Waals surface area contributed by atoms with Crippen LogP contribution in [0.4, 0.5) is 0 Å². The highest BCUT2D eigenvalue weighted by atomic mass is 32.1. The number of rotatable bonds is 2. The smallest absolute Gasteiger partial charge is 0.255 e. The van der Waals surface area contributed by atoms with E-state index in [2.05, 4.69) is 19.1 Å². The third-order valence-electron chi connectivity index (χ3n) is 5.31. The van der Waals surface area contributed by atoms with Gasteiger partial charge in [-0.15, -0.1) is 11.3 Å². The Morgan fingerprint density at radius 1 is 1.23 bits per heavy atom. The van der Waals surface area contributed by atoms with Crippen molar-refractivity contribution < 1.29 is 4.79 Å². The Morgan fingerprint density at radius 3 is 2.65 bits per heavy atom. The molecule has 0 fully saturated rings. The van der Waals surface area contributed by atoms with Crippen LogP contribution >= 0.6 is 11.3 Å². The summed E-state index contributed by atoms with van der Waals surface area (Å²) in [5, 5.41) is 1.21. The fourth-order valence-corrected chi connectivity index (χ4v) is 5.40. The van der Waals surface area contributed by atoms with E-state index in [9.17, 15) is 4.79 Å². The van der Waals surface area contributed by atoms with E-state index in [0.717, 1.165) is 46.0 Å². The summed E-state index contributed by atoms with van der Waals surface area (Å²) >= 11 is 1.82. The molecular weight excluding hydrogens is 340 g/mol. The number of hydrogen-bond donors (Lipinski definition) is 0. The van der Waals surface area contributed by atoms with Crippen LogP contribution in [0.3, 0.4) is 0 Å². The van der Waals surface area contributed by atoms with Gasteiger partial charge in [0.2, 0.25) is 0 Å². The number of nitrogens with zero attached hydrogens (tertiary/aromatic N) is 2. The van der Waals surface area contributed by atoms with Gasteiger partial charge in [-0.25, -0.2) is 4.98 Å². The first-order valence-electron chi connectivity index (χ1n) is 9.19. The maximum atomic E-state index is 13.0. The molecule has 0 radical (unpaired) electrons. The van der Waals surface area contributed by atoms with Gasteiger partial charge in [0, 0.05) is 29.9 Å². The van der Waals surface area contributed by atoms with E-state index in [1.165, 1.54) is 22.2 Å². The first-order chi connectivity index (χ1) is 12.5. The summed E-state index contributed by atoms with van der Waals surface area (Å²) in [5.74, 6) is 0.750. The molecule has 2 aromatic heterocycles. The highest BCUT2D eigenvalue weighted by Crippen LogP contribution is 2.44. The van der Waals surface area contributed by atoms with Crippen molar-refractivity contribution in [3.05, 3.63) is 52.0 Å². The van der Waals surface area contributed by atoms with Crippen molar-refractivity contribution in [1.29, 1.82) is 0 Å². The number of carbonyl (C=O) groups is 1. The Kier molecular flexibility index (Phi) is 4.31. The normalized spacial score (nSPS) is 16.5. The largest absolute Gasteiger partial charge is 0.345 e. The van der Waals surface area contributed by atoms with Gasteiger partial charge in [0.05, 0.1) is 11.3 Å². The third kappa shape index (κ3) is 2.73. The number of pyridine rings is 1. The molecule has 26 heavy (non-hydrogen) atoms. The molecule has 3 nitrogen and oxygen atoms in total. The molecule has 3 aromatic rings. The highest BCUT2D eigenvalue weighted by Gasteiger charge is 2.28. The topological polar surface area (TPSA) is 33.2 Å². The zero-order valence-corrected chi connectivity index (χ0v) is 16.6. The maximum Gasteiger partial charge on any atom is 0.255 e. The van der Waals surface area contributed by atoms with Gasteiger partial charge in [-0.3, -0.25) is 4.79 Å². The van der Waals surface area contributed by atoms with Crippen molar-refractivity contribution in [3.8, 4) is 11.1 Å². The molecule has 0 bridgehead atoms. The van der Waals surface area contributed by atoms with Crippen LogP contribution in [0, 0.1) is 12.8 Å². The molecule has 4 rings (SSSR count). The molecule has 0 saturated heterocycles. The van der Waals surface area contributed by atoms with Gasteiger partial charge < -0.3 is 4.90 Å². The lowest BCUT2D eigenvalue weighted by molar-refractivity contribution is 0.0827. The van der Waals surface area contributed by atoms with E-state index in [1.807, 2.05) is 50.6 Å². The second-order valence-corrected chi connectivity index (χ2v) is 8.63. The number of aromatic nitrogens is 1. The number of benzene rings is 1. The van der Waals surface area contributed by atoms with E-state index in [-0.39, 0.29) is 5.91 Å². The van der Waals surface area contributed by atoms with Crippen LogP contribution in [-0.4, -0.2) is 29.9 Å². The van der Waals surface area contributed by atoms with E-state index < -0.39 is 0 Å². The van der Waals surface area contributed by atoms with E-state index in [0.29, 0.717) is 0 Å². The SMILES string of the molecule is Cc1nc2sc3c(c2c(-c2ccccc2)c1C(=O)N(C)C)CC[C@H](C)C3. The molecule has 1 aromatic carbocycles. The summed E-state index contributed by atoms with van der Waals surface area (Å²) in [4.78, 5) is 22.1. The Balaban J connectivity index is 2.11. The lowest BCUT2D eigenvalue weighted by Crippen LogP contribution is -2.24. The Bertz CT molecular complexity index is 989. The van der Waals surface area contributed by atoms with Gasteiger partial charge in [-0.1, -0.05) is 37.3 Å². The molecule has 1 atom stereocenters. The fourth-order valence-electron chi connectivity index (χ4n) is 3.97. The molecule has 1 aliphatic carbocycles. The van der Waals surface area contributed by atoms with Crippen molar-refractivity contribution in [2.75, 3.05) is 14.1 Å². The fraction of sp³-hybridized carbons (Fsp3) is 0.364. The van der Waals surface area contributed by atoms with Crippen LogP contribution in [0.1, 0.15) is 39.8 Å². The second-order valence-electron chi connectivity index (χ2n) is 7.54. The van der Waals surface area contributed by atoms with Gasteiger partial charge in [0.1, 0.15) is 4.83 Å². The molecule has 0 saturated carbocycles. The van der Waals surface area contributed by atoms with Crippen LogP contribution in [0.15, 0.2) is 30.3 Å². The summed E-state index contributed by atoms with van der Waals surface area (Å²) in [5.41, 5.74) is 5.16. The zero-order valence-electron chi connectivity index (χ0n) is 15.8. The number of amides is 1. The molecule has 0 unspecified atom stereocenters. The predicted molar refractivity (Wildman–Crippen MR) is 109 cm³/mol. The van der Waals surface area contributed by atoms with Gasteiger partial charge in [-0.2, -0.15) is 0 Å². The summed E-state index contributed by atoms with van der Waals surface area (Å²) < 4.78 is 0. The number of thiophene rings is 1. The van der Waals surface area contributed by atoms with Crippen molar-refractivity contribution in [3.63, 3.8) is 0 Å². The summed E-state index contributed by atoms with van der Waals surface area (Å²) in [7, 11) is 3.62. The zero-order chi connectivity index (χ0) is 18.4. The van der Waals surface area contributed by atoms with Crippen molar-refractivity contribution >= 4 is 27.5 Å². The van der Waals surface area contributed by atoms with Gasteiger partial charge >= 0.3 is 0 Å². The summed E-state index contributed by atoms with van der Waals surface area (Å²) in [6, 6.07) is 10.3. The monoisotopic (exact) mass is 364 g/mol. The highest BCUT2D eigenvalue weighted by molar-refractivity contribution is 7.19. The van der Waals surface area contributed by atoms with Crippen molar-refractivity contribution in [2.45, 2.75) is 33.1 Å². The molecular formula is C22H24N2OS. The van der Waals surface area contributed by atoms with E-state index in [1.54, 1.807) is 4.90 Å². The van der Waals surface area contributed by atoms with Crippen LogP contribution in [0.2, 0.25) is 0 Å².